The number of hydrogen-bond acceptors (Lipinski definition) is 3. The second-order valence-electron chi connectivity index (χ2n) is 3.98. The molecular formula is C14H11BrClNO2. The molecule has 0 unspecified atom stereocenters. The van der Waals surface area contributed by atoms with E-state index >= 15 is 0 Å². The Balaban J connectivity index is 2.19. The SMILES string of the molecule is CC(=O)c1ncc(Br)cc1OCc1cccc(Cl)c1. The number of rotatable bonds is 4. The summed E-state index contributed by atoms with van der Waals surface area (Å²) in [5.41, 5.74) is 1.26. The van der Waals surface area contributed by atoms with Crippen LogP contribution in [0.25, 0.3) is 0 Å². The number of hydrogen-bond donors (Lipinski definition) is 0. The second kappa shape index (κ2) is 6.17. The van der Waals surface area contributed by atoms with E-state index in [1.165, 1.54) is 6.92 Å². The molecule has 3 nitrogen and oxygen atoms in total. The Morgan fingerprint density at radius 1 is 1.42 bits per heavy atom. The predicted molar refractivity (Wildman–Crippen MR) is 77.7 cm³/mol. The van der Waals surface area contributed by atoms with Gasteiger partial charge in [0.2, 0.25) is 0 Å². The maximum Gasteiger partial charge on any atom is 0.181 e. The van der Waals surface area contributed by atoms with E-state index in [0.29, 0.717) is 23.1 Å². The number of carbonyl (C=O) groups is 1. The van der Waals surface area contributed by atoms with E-state index in [1.807, 2.05) is 18.2 Å². The number of ketones is 1. The Morgan fingerprint density at radius 2 is 2.21 bits per heavy atom. The summed E-state index contributed by atoms with van der Waals surface area (Å²) in [4.78, 5) is 15.5. The van der Waals surface area contributed by atoms with Gasteiger partial charge in [-0.3, -0.25) is 4.79 Å². The van der Waals surface area contributed by atoms with Gasteiger partial charge in [-0.1, -0.05) is 23.7 Å². The van der Waals surface area contributed by atoms with Gasteiger partial charge in [-0.2, -0.15) is 0 Å². The van der Waals surface area contributed by atoms with Gasteiger partial charge >= 0.3 is 0 Å². The maximum atomic E-state index is 11.5. The number of Topliss-reactive ketones (excluding diaryl/α,β-unsaturated/α-hetero) is 1. The molecule has 19 heavy (non-hydrogen) atoms. The van der Waals surface area contributed by atoms with Gasteiger partial charge in [-0.25, -0.2) is 4.98 Å². The summed E-state index contributed by atoms with van der Waals surface area (Å²) in [7, 11) is 0. The van der Waals surface area contributed by atoms with Crippen LogP contribution in [-0.2, 0) is 6.61 Å². The van der Waals surface area contributed by atoms with Crippen molar-refractivity contribution in [3.05, 3.63) is 57.3 Å². The Bertz CT molecular complexity index is 616. The van der Waals surface area contributed by atoms with Crippen LogP contribution in [0.1, 0.15) is 23.0 Å². The summed E-state index contributed by atoms with van der Waals surface area (Å²) in [6.07, 6.45) is 1.57. The summed E-state index contributed by atoms with van der Waals surface area (Å²) >= 11 is 9.21. The van der Waals surface area contributed by atoms with Gasteiger partial charge in [0.05, 0.1) is 0 Å². The van der Waals surface area contributed by atoms with E-state index in [0.717, 1.165) is 10.0 Å². The van der Waals surface area contributed by atoms with Crippen LogP contribution in [0, 0.1) is 0 Å². The third-order valence-corrected chi connectivity index (χ3v) is 3.10. The molecule has 0 saturated heterocycles. The number of benzene rings is 1. The van der Waals surface area contributed by atoms with Crippen molar-refractivity contribution in [1.82, 2.24) is 4.98 Å². The number of aromatic nitrogens is 1. The number of halogens is 2. The molecule has 0 N–H and O–H groups in total. The van der Waals surface area contributed by atoms with Crippen LogP contribution in [0.15, 0.2) is 41.0 Å². The largest absolute Gasteiger partial charge is 0.486 e. The summed E-state index contributed by atoms with van der Waals surface area (Å²) in [6, 6.07) is 9.11. The lowest BCUT2D eigenvalue weighted by Gasteiger charge is -2.09. The first-order valence-electron chi connectivity index (χ1n) is 5.60. The standard InChI is InChI=1S/C14H11BrClNO2/c1-9(18)14-13(6-11(15)7-17-14)19-8-10-3-2-4-12(16)5-10/h2-7H,8H2,1H3. The minimum Gasteiger partial charge on any atom is -0.486 e. The average molecular weight is 341 g/mol. The van der Waals surface area contributed by atoms with Gasteiger partial charge in [-0.15, -0.1) is 0 Å². The van der Waals surface area contributed by atoms with E-state index in [9.17, 15) is 4.79 Å². The zero-order valence-corrected chi connectivity index (χ0v) is 12.5. The van der Waals surface area contributed by atoms with Crippen molar-refractivity contribution in [2.24, 2.45) is 0 Å². The van der Waals surface area contributed by atoms with Gasteiger partial charge in [0, 0.05) is 22.6 Å². The number of pyridine rings is 1. The highest BCUT2D eigenvalue weighted by molar-refractivity contribution is 9.10. The van der Waals surface area contributed by atoms with Crippen LogP contribution in [0.2, 0.25) is 5.02 Å². The highest BCUT2D eigenvalue weighted by Gasteiger charge is 2.11. The fourth-order valence-electron chi connectivity index (χ4n) is 1.58. The summed E-state index contributed by atoms with van der Waals surface area (Å²) in [5, 5.41) is 0.653. The normalized spacial score (nSPS) is 10.3. The molecule has 1 aromatic heterocycles. The van der Waals surface area contributed by atoms with E-state index in [2.05, 4.69) is 20.9 Å². The second-order valence-corrected chi connectivity index (χ2v) is 5.33. The molecule has 0 spiro atoms. The van der Waals surface area contributed by atoms with Crippen LogP contribution in [-0.4, -0.2) is 10.8 Å². The summed E-state index contributed by atoms with van der Waals surface area (Å²) < 4.78 is 6.41. The highest BCUT2D eigenvalue weighted by atomic mass is 79.9. The van der Waals surface area contributed by atoms with Gasteiger partial charge in [-0.05, 0) is 39.7 Å². The molecule has 0 aliphatic heterocycles. The lowest BCUT2D eigenvalue weighted by Crippen LogP contribution is -2.04. The molecule has 2 aromatic rings. The van der Waals surface area contributed by atoms with Crippen molar-refractivity contribution in [1.29, 1.82) is 0 Å². The van der Waals surface area contributed by atoms with Gasteiger partial charge in [0.1, 0.15) is 18.1 Å². The topological polar surface area (TPSA) is 39.2 Å². The van der Waals surface area contributed by atoms with E-state index in [-0.39, 0.29) is 5.78 Å². The number of ether oxygens (including phenoxy) is 1. The van der Waals surface area contributed by atoms with Crippen LogP contribution in [0.3, 0.4) is 0 Å². The Labute approximate surface area is 124 Å². The van der Waals surface area contributed by atoms with Crippen molar-refractivity contribution in [3.63, 3.8) is 0 Å². The average Bonchev–Trinajstić information content (AvgIpc) is 2.36. The molecule has 0 amide bonds. The first kappa shape index (κ1) is 14.0. The van der Waals surface area contributed by atoms with E-state index < -0.39 is 0 Å². The molecule has 0 bridgehead atoms. The minimum atomic E-state index is -0.131. The first-order valence-corrected chi connectivity index (χ1v) is 6.77. The molecular weight excluding hydrogens is 330 g/mol. The van der Waals surface area contributed by atoms with Crippen molar-refractivity contribution in [2.75, 3.05) is 0 Å². The maximum absolute atomic E-state index is 11.5. The smallest absolute Gasteiger partial charge is 0.181 e. The van der Waals surface area contributed by atoms with Gasteiger partial charge < -0.3 is 4.74 Å². The Hall–Kier alpha value is -1.39. The Kier molecular flexibility index (Phi) is 4.56. The summed E-state index contributed by atoms with van der Waals surface area (Å²) in [5.74, 6) is 0.329. The Morgan fingerprint density at radius 3 is 2.89 bits per heavy atom. The molecule has 98 valence electrons. The number of nitrogens with zero attached hydrogens (tertiary/aromatic N) is 1. The van der Waals surface area contributed by atoms with Crippen LogP contribution < -0.4 is 4.74 Å². The molecule has 0 radical (unpaired) electrons. The van der Waals surface area contributed by atoms with Crippen LogP contribution >= 0.6 is 27.5 Å². The molecule has 0 aliphatic carbocycles. The number of carbonyl (C=O) groups excluding carboxylic acids is 1. The fourth-order valence-corrected chi connectivity index (χ4v) is 2.11. The third-order valence-electron chi connectivity index (χ3n) is 2.44. The molecule has 1 heterocycles. The molecule has 0 fully saturated rings. The molecule has 0 saturated carbocycles. The predicted octanol–water partition coefficient (Wildman–Crippen LogP) is 4.28. The minimum absolute atomic E-state index is 0.131. The molecule has 1 aromatic carbocycles. The molecule has 0 aliphatic rings. The monoisotopic (exact) mass is 339 g/mol. The zero-order valence-electron chi connectivity index (χ0n) is 10.2. The molecule has 5 heteroatoms. The van der Waals surface area contributed by atoms with Crippen molar-refractivity contribution in [3.8, 4) is 5.75 Å². The lowest BCUT2D eigenvalue weighted by atomic mass is 10.2. The van der Waals surface area contributed by atoms with Crippen molar-refractivity contribution < 1.29 is 9.53 Å². The quantitative estimate of drug-likeness (QED) is 0.780. The fraction of sp³-hybridized carbons (Fsp3) is 0.143. The zero-order chi connectivity index (χ0) is 13.8. The van der Waals surface area contributed by atoms with Crippen LogP contribution in [0.4, 0.5) is 0 Å². The lowest BCUT2D eigenvalue weighted by molar-refractivity contribution is 0.100. The van der Waals surface area contributed by atoms with Crippen molar-refractivity contribution >= 4 is 33.3 Å². The molecule has 0 atom stereocenters. The van der Waals surface area contributed by atoms with E-state index in [4.69, 9.17) is 16.3 Å². The third kappa shape index (κ3) is 3.78. The van der Waals surface area contributed by atoms with Gasteiger partial charge in [0.15, 0.2) is 5.78 Å². The van der Waals surface area contributed by atoms with Crippen LogP contribution in [0.5, 0.6) is 5.75 Å². The molecule has 2 rings (SSSR count). The first-order chi connectivity index (χ1) is 9.06. The summed E-state index contributed by atoms with van der Waals surface area (Å²) in [6.45, 7) is 1.79. The van der Waals surface area contributed by atoms with E-state index in [1.54, 1.807) is 18.3 Å². The van der Waals surface area contributed by atoms with Crippen molar-refractivity contribution in [2.45, 2.75) is 13.5 Å². The highest BCUT2D eigenvalue weighted by Crippen LogP contribution is 2.23. The van der Waals surface area contributed by atoms with Gasteiger partial charge in [0.25, 0.3) is 0 Å².